The smallest absolute Gasteiger partial charge is 0.264 e. The molecule has 1 saturated carbocycles. The quantitative estimate of drug-likeness (QED) is 0.435. The Labute approximate surface area is 247 Å². The number of allylic oxidation sites excluding steroid dienone is 2. The molecule has 1 spiro atoms. The molecule has 2 heterocycles. The molecule has 218 valence electrons. The van der Waals surface area contributed by atoms with E-state index in [9.17, 15) is 18.0 Å². The van der Waals surface area contributed by atoms with Crippen molar-refractivity contribution < 1.29 is 22.7 Å². The third kappa shape index (κ3) is 5.29. The largest absolute Gasteiger partial charge is 0.490 e. The van der Waals surface area contributed by atoms with Crippen LogP contribution >= 0.6 is 11.6 Å². The third-order valence-corrected chi connectivity index (χ3v) is 12.0. The summed E-state index contributed by atoms with van der Waals surface area (Å²) in [5.41, 5.74) is 3.22. The summed E-state index contributed by atoms with van der Waals surface area (Å²) in [4.78, 5) is 28.8. The Hall–Kier alpha value is -2.84. The number of aryl methyl sites for hydroxylation is 1. The van der Waals surface area contributed by atoms with Gasteiger partial charge < -0.3 is 9.64 Å². The molecular formula is C32H37ClN2O5S. The number of fused-ring (bicyclic) bond motifs is 4. The zero-order valence-electron chi connectivity index (χ0n) is 23.6. The third-order valence-electron chi connectivity index (χ3n) is 9.85. The highest BCUT2D eigenvalue weighted by Crippen LogP contribution is 2.46. The van der Waals surface area contributed by atoms with Gasteiger partial charge in [-0.25, -0.2) is 13.1 Å². The van der Waals surface area contributed by atoms with E-state index in [1.807, 2.05) is 13.0 Å². The number of halogens is 1. The second-order valence-corrected chi connectivity index (χ2v) is 14.9. The minimum Gasteiger partial charge on any atom is -0.490 e. The second-order valence-electron chi connectivity index (χ2n) is 12.4. The Bertz CT molecular complexity index is 1520. The maximum Gasteiger partial charge on any atom is 0.264 e. The molecule has 0 radical (unpaired) electrons. The van der Waals surface area contributed by atoms with Crippen LogP contribution in [0.15, 0.2) is 48.6 Å². The normalized spacial score (nSPS) is 32.0. The van der Waals surface area contributed by atoms with E-state index in [4.69, 9.17) is 16.3 Å². The monoisotopic (exact) mass is 596 g/mol. The van der Waals surface area contributed by atoms with Crippen molar-refractivity contribution in [2.75, 3.05) is 24.6 Å². The van der Waals surface area contributed by atoms with Crippen LogP contribution in [0.3, 0.4) is 0 Å². The van der Waals surface area contributed by atoms with Gasteiger partial charge in [-0.15, -0.1) is 0 Å². The number of amides is 1. The molecule has 1 fully saturated rings. The van der Waals surface area contributed by atoms with Crippen molar-refractivity contribution in [2.45, 2.75) is 63.0 Å². The van der Waals surface area contributed by atoms with Crippen molar-refractivity contribution in [3.63, 3.8) is 0 Å². The van der Waals surface area contributed by atoms with E-state index in [1.54, 1.807) is 37.3 Å². The van der Waals surface area contributed by atoms with Crippen LogP contribution in [0.2, 0.25) is 5.02 Å². The van der Waals surface area contributed by atoms with Crippen molar-refractivity contribution in [3.8, 4) is 5.75 Å². The fraction of sp³-hybridized carbons (Fsp3) is 0.500. The first-order valence-corrected chi connectivity index (χ1v) is 16.6. The van der Waals surface area contributed by atoms with Crippen LogP contribution in [0, 0.1) is 17.8 Å². The van der Waals surface area contributed by atoms with Gasteiger partial charge in [0, 0.05) is 35.0 Å². The lowest BCUT2D eigenvalue weighted by Crippen LogP contribution is -2.49. The lowest BCUT2D eigenvalue weighted by molar-refractivity contribution is -0.122. The molecule has 2 aliphatic carbocycles. The number of hydrogen-bond donors (Lipinski definition) is 1. The predicted octanol–water partition coefficient (Wildman–Crippen LogP) is 5.45. The summed E-state index contributed by atoms with van der Waals surface area (Å²) in [6.07, 6.45) is 8.60. The summed E-state index contributed by atoms with van der Waals surface area (Å²) in [6, 6.07) is 11.3. The molecule has 1 unspecified atom stereocenters. The first kappa shape index (κ1) is 28.3. The number of sulfonamides is 1. The van der Waals surface area contributed by atoms with Gasteiger partial charge >= 0.3 is 0 Å². The van der Waals surface area contributed by atoms with Crippen molar-refractivity contribution in [1.29, 1.82) is 0 Å². The van der Waals surface area contributed by atoms with Crippen molar-refractivity contribution in [1.82, 2.24) is 4.72 Å². The maximum absolute atomic E-state index is 13.3. The highest BCUT2D eigenvalue weighted by molar-refractivity contribution is 7.90. The summed E-state index contributed by atoms with van der Waals surface area (Å²) in [5.74, 6) is -0.0319. The zero-order chi connectivity index (χ0) is 28.9. The molecule has 5 atom stereocenters. The van der Waals surface area contributed by atoms with Gasteiger partial charge in [-0.3, -0.25) is 9.59 Å². The first-order chi connectivity index (χ1) is 19.6. The topological polar surface area (TPSA) is 92.8 Å². The van der Waals surface area contributed by atoms with E-state index < -0.39 is 21.2 Å². The molecule has 2 bridgehead atoms. The molecule has 4 aliphatic rings. The number of nitrogens with one attached hydrogen (secondary N) is 1. The molecule has 2 aromatic rings. The van der Waals surface area contributed by atoms with Crippen molar-refractivity contribution in [2.24, 2.45) is 17.8 Å². The van der Waals surface area contributed by atoms with E-state index >= 15 is 0 Å². The number of hydrogen-bond acceptors (Lipinski definition) is 6. The van der Waals surface area contributed by atoms with E-state index in [0.717, 1.165) is 42.8 Å². The van der Waals surface area contributed by atoms with E-state index in [2.05, 4.69) is 21.8 Å². The van der Waals surface area contributed by atoms with E-state index in [-0.39, 0.29) is 34.5 Å². The number of carbonyl (C=O) groups is 2. The highest BCUT2D eigenvalue weighted by atomic mass is 35.5. The summed E-state index contributed by atoms with van der Waals surface area (Å²) in [7, 11) is -3.93. The Kier molecular flexibility index (Phi) is 7.43. The number of ketones is 1. The molecule has 1 N–H and O–H groups in total. The van der Waals surface area contributed by atoms with Crippen LogP contribution in [0.25, 0.3) is 0 Å². The number of ether oxygens (including phenoxy) is 1. The Morgan fingerprint density at radius 1 is 1.10 bits per heavy atom. The van der Waals surface area contributed by atoms with Gasteiger partial charge in [0.1, 0.15) is 5.75 Å². The van der Waals surface area contributed by atoms with Crippen LogP contribution < -0.4 is 14.4 Å². The van der Waals surface area contributed by atoms with Gasteiger partial charge in [-0.1, -0.05) is 30.7 Å². The number of carbonyl (C=O) groups excluding carboxylic acids is 2. The Balaban J connectivity index is 1.43. The first-order valence-electron chi connectivity index (χ1n) is 14.6. The van der Waals surface area contributed by atoms with Gasteiger partial charge in [-0.05, 0) is 105 Å². The number of anilines is 1. The number of nitrogens with zero attached hydrogens (tertiary/aromatic N) is 1. The molecule has 7 nitrogen and oxygen atoms in total. The van der Waals surface area contributed by atoms with Crippen LogP contribution in [-0.4, -0.2) is 45.1 Å². The van der Waals surface area contributed by atoms with E-state index in [1.165, 1.54) is 11.1 Å². The summed E-state index contributed by atoms with van der Waals surface area (Å²) in [5, 5.41) is -0.0854. The molecule has 6 rings (SSSR count). The lowest BCUT2D eigenvalue weighted by Gasteiger charge is -2.44. The van der Waals surface area contributed by atoms with E-state index in [0.29, 0.717) is 31.9 Å². The van der Waals surface area contributed by atoms with Gasteiger partial charge in [-0.2, -0.15) is 0 Å². The molecule has 9 heteroatoms. The summed E-state index contributed by atoms with van der Waals surface area (Å²) in [6.45, 7) is 5.23. The number of benzene rings is 2. The minimum absolute atomic E-state index is 0.0666. The molecule has 0 saturated heterocycles. The van der Waals surface area contributed by atoms with Crippen molar-refractivity contribution in [3.05, 3.63) is 70.3 Å². The Morgan fingerprint density at radius 2 is 1.93 bits per heavy atom. The van der Waals surface area contributed by atoms with Crippen LogP contribution in [0.4, 0.5) is 5.69 Å². The van der Waals surface area contributed by atoms with Gasteiger partial charge in [0.2, 0.25) is 10.0 Å². The maximum atomic E-state index is 13.3. The highest BCUT2D eigenvalue weighted by Gasteiger charge is 2.44. The summed E-state index contributed by atoms with van der Waals surface area (Å²) >= 11 is 6.37. The zero-order valence-corrected chi connectivity index (χ0v) is 25.1. The molecule has 2 aromatic carbocycles. The molecular weight excluding hydrogens is 560 g/mol. The Morgan fingerprint density at radius 3 is 2.71 bits per heavy atom. The molecule has 41 heavy (non-hydrogen) atoms. The van der Waals surface area contributed by atoms with Gasteiger partial charge in [0.25, 0.3) is 5.91 Å². The average molecular weight is 597 g/mol. The van der Waals surface area contributed by atoms with Crippen molar-refractivity contribution >= 4 is 39.0 Å². The molecule has 2 aliphatic heterocycles. The average Bonchev–Trinajstić information content (AvgIpc) is 3.06. The van der Waals surface area contributed by atoms with Gasteiger partial charge in [0.05, 0.1) is 17.5 Å². The second kappa shape index (κ2) is 10.8. The minimum atomic E-state index is -3.93. The van der Waals surface area contributed by atoms with Gasteiger partial charge in [0.15, 0.2) is 5.78 Å². The SMILES string of the molecule is C[C@@H]1[C@@H](C)C/C=C/C(=O)[C@@H]2CC[C@H]2CN2CC3(CCCc4cc(Cl)ccc43)COc3ccc(cc32)C(=O)NS1(=O)=O. The standard InChI is InChI=1S/C32H37ClN2O5S/c1-20-5-3-7-29(36)26-11-8-24(26)17-35-18-32(14-4-6-22-15-25(33)10-12-27(22)32)19-40-30-13-9-23(16-28(30)35)31(37)34-41(38,39)21(20)2/h3,7,9-10,12-13,15-16,20-21,24,26H,4-6,8,11,14,17-19H2,1-2H3,(H,34,37)/b7-3+/t20-,21+,24-,26+,32?/m0/s1. The number of rotatable bonds is 0. The fourth-order valence-electron chi connectivity index (χ4n) is 7.00. The van der Waals surface area contributed by atoms with Crippen LogP contribution in [0.1, 0.15) is 67.4 Å². The molecule has 0 aromatic heterocycles. The lowest BCUT2D eigenvalue weighted by atomic mass is 9.68. The van der Waals surface area contributed by atoms with Crippen LogP contribution in [0.5, 0.6) is 5.75 Å². The van der Waals surface area contributed by atoms with Crippen LogP contribution in [-0.2, 0) is 26.7 Å². The summed E-state index contributed by atoms with van der Waals surface area (Å²) < 4.78 is 35.0. The predicted molar refractivity (Wildman–Crippen MR) is 160 cm³/mol. The molecule has 1 amide bonds. The fourth-order valence-corrected chi connectivity index (χ4v) is 8.48.